The normalized spacial score (nSPS) is 21.3. The number of hydrogen-bond donors (Lipinski definition) is 1. The van der Waals surface area contributed by atoms with Gasteiger partial charge in [-0.15, -0.1) is 0 Å². The number of carbonyl (C=O) groups is 1. The first kappa shape index (κ1) is 10.8. The van der Waals surface area contributed by atoms with Gasteiger partial charge in [0, 0.05) is 0 Å². The van der Waals surface area contributed by atoms with Gasteiger partial charge < -0.3 is 4.74 Å². The lowest BCUT2D eigenvalue weighted by atomic mass is 10.0. The predicted octanol–water partition coefficient (Wildman–Crippen LogP) is 2.16. The van der Waals surface area contributed by atoms with Gasteiger partial charge in [-0.1, -0.05) is 36.4 Å². The molecule has 0 bridgehead atoms. The van der Waals surface area contributed by atoms with Gasteiger partial charge in [0.25, 0.3) is 5.78 Å². The van der Waals surface area contributed by atoms with Crippen molar-refractivity contribution in [2.24, 2.45) is 0 Å². The standard InChI is InChI=1S/C14H11N2O2/c15-16-8-12(17)14-13(18-14)11-6-5-9-3-1-2-4-10(9)7-11/h1-8,13-15H/q+1. The molecule has 2 atom stereocenters. The second-order valence-corrected chi connectivity index (χ2v) is 4.24. The largest absolute Gasteiger partial charge is 0.375 e. The van der Waals surface area contributed by atoms with Gasteiger partial charge in [0.2, 0.25) is 0 Å². The van der Waals surface area contributed by atoms with Crippen LogP contribution in [0.25, 0.3) is 10.8 Å². The molecular weight excluding hydrogens is 228 g/mol. The second kappa shape index (κ2) is 4.18. The summed E-state index contributed by atoms with van der Waals surface area (Å²) in [4.78, 5) is 14.4. The average molecular weight is 239 g/mol. The summed E-state index contributed by atoms with van der Waals surface area (Å²) in [6, 6.07) is 14.1. The van der Waals surface area contributed by atoms with Crippen LogP contribution in [0.5, 0.6) is 0 Å². The maximum absolute atomic E-state index is 11.5. The van der Waals surface area contributed by atoms with Gasteiger partial charge in [0.15, 0.2) is 6.10 Å². The van der Waals surface area contributed by atoms with Gasteiger partial charge in [-0.05, 0) is 22.4 Å². The van der Waals surface area contributed by atoms with Crippen molar-refractivity contribution in [3.8, 4) is 0 Å². The number of hydrogen-bond acceptors (Lipinski definition) is 3. The maximum Gasteiger partial charge on any atom is 0.375 e. The Bertz CT molecular complexity index is 674. The van der Waals surface area contributed by atoms with Crippen LogP contribution in [0.15, 0.2) is 42.5 Å². The van der Waals surface area contributed by atoms with Crippen molar-refractivity contribution < 1.29 is 14.3 Å². The van der Waals surface area contributed by atoms with Crippen molar-refractivity contribution in [3.63, 3.8) is 0 Å². The van der Waals surface area contributed by atoms with E-state index in [1.807, 2.05) is 42.5 Å². The lowest BCUT2D eigenvalue weighted by molar-refractivity contribution is -0.132. The van der Waals surface area contributed by atoms with Gasteiger partial charge in [0.1, 0.15) is 6.10 Å². The Labute approximate surface area is 103 Å². The number of benzene rings is 2. The highest BCUT2D eigenvalue weighted by Crippen LogP contribution is 2.39. The third-order valence-corrected chi connectivity index (χ3v) is 3.07. The summed E-state index contributed by atoms with van der Waals surface area (Å²) in [5.74, 6) is -0.247. The van der Waals surface area contributed by atoms with Crippen molar-refractivity contribution in [1.29, 1.82) is 5.53 Å². The minimum absolute atomic E-state index is 0.194. The minimum Gasteiger partial charge on any atom is -0.355 e. The summed E-state index contributed by atoms with van der Waals surface area (Å²) in [5, 5.41) is 2.29. The monoisotopic (exact) mass is 239 g/mol. The molecule has 0 aliphatic carbocycles. The average Bonchev–Trinajstić information content (AvgIpc) is 3.19. The summed E-state index contributed by atoms with van der Waals surface area (Å²) >= 11 is 0. The number of Topliss-reactive ketones (excluding diaryl/α,β-unsaturated/α-hetero) is 1. The zero-order chi connectivity index (χ0) is 12.5. The zero-order valence-electron chi connectivity index (χ0n) is 9.54. The fourth-order valence-electron chi connectivity index (χ4n) is 2.10. The SMILES string of the molecule is N=[N+]=CC(=O)C1OC1c1ccc2ccccc2c1. The van der Waals surface area contributed by atoms with E-state index >= 15 is 0 Å². The number of nitrogens with zero attached hydrogens (tertiary/aromatic N) is 1. The van der Waals surface area contributed by atoms with Crippen LogP contribution in [0.1, 0.15) is 11.7 Å². The van der Waals surface area contributed by atoms with Gasteiger partial charge >= 0.3 is 6.21 Å². The zero-order valence-corrected chi connectivity index (χ0v) is 9.54. The van der Waals surface area contributed by atoms with Crippen molar-refractivity contribution >= 4 is 22.8 Å². The van der Waals surface area contributed by atoms with E-state index in [2.05, 4.69) is 4.79 Å². The number of fused-ring (bicyclic) bond motifs is 1. The summed E-state index contributed by atoms with van der Waals surface area (Å²) in [6.45, 7) is 0. The van der Waals surface area contributed by atoms with E-state index in [1.165, 1.54) is 0 Å². The molecule has 88 valence electrons. The van der Waals surface area contributed by atoms with Crippen molar-refractivity contribution in [2.45, 2.75) is 12.2 Å². The van der Waals surface area contributed by atoms with Crippen LogP contribution in [0.4, 0.5) is 0 Å². The highest BCUT2D eigenvalue weighted by molar-refractivity contribution is 6.28. The number of ether oxygens (including phenoxy) is 1. The third kappa shape index (κ3) is 1.84. The van der Waals surface area contributed by atoms with Gasteiger partial charge in [-0.25, -0.2) is 0 Å². The molecule has 3 rings (SSSR count). The van der Waals surface area contributed by atoms with Gasteiger partial charge in [0.05, 0.1) is 10.3 Å². The molecule has 1 heterocycles. The smallest absolute Gasteiger partial charge is 0.355 e. The molecule has 1 aliphatic rings. The number of nitrogens with one attached hydrogen (secondary N) is 1. The molecule has 2 unspecified atom stereocenters. The summed E-state index contributed by atoms with van der Waals surface area (Å²) in [7, 11) is 0. The fraction of sp³-hybridized carbons (Fsp3) is 0.143. The molecule has 0 amide bonds. The topological polar surface area (TPSA) is 67.5 Å². The van der Waals surface area contributed by atoms with Crippen molar-refractivity contribution in [3.05, 3.63) is 48.0 Å². The Hall–Kier alpha value is -2.29. The van der Waals surface area contributed by atoms with Gasteiger partial charge in [-0.2, -0.15) is 0 Å². The molecule has 2 aromatic carbocycles. The molecule has 1 aliphatic heterocycles. The highest BCUT2D eigenvalue weighted by Gasteiger charge is 2.47. The molecule has 4 heteroatoms. The number of epoxide rings is 1. The molecule has 0 aromatic heterocycles. The number of ketones is 1. The molecular formula is C14H11N2O2+. The molecule has 4 nitrogen and oxygen atoms in total. The van der Waals surface area contributed by atoms with Crippen molar-refractivity contribution in [2.75, 3.05) is 0 Å². The summed E-state index contributed by atoms with van der Waals surface area (Å²) in [5.41, 5.74) is 7.62. The Kier molecular flexibility index (Phi) is 2.52. The van der Waals surface area contributed by atoms with E-state index in [4.69, 9.17) is 10.3 Å². The van der Waals surface area contributed by atoms with Crippen molar-refractivity contribution in [1.82, 2.24) is 0 Å². The van der Waals surface area contributed by atoms with Crippen LogP contribution >= 0.6 is 0 Å². The first-order valence-electron chi connectivity index (χ1n) is 5.67. The highest BCUT2D eigenvalue weighted by atomic mass is 16.6. The van der Waals surface area contributed by atoms with Crippen LogP contribution in [0.3, 0.4) is 0 Å². The first-order valence-corrected chi connectivity index (χ1v) is 5.67. The van der Waals surface area contributed by atoms with Crippen LogP contribution in [-0.2, 0) is 9.53 Å². The van der Waals surface area contributed by atoms with Crippen LogP contribution < -0.4 is 0 Å². The third-order valence-electron chi connectivity index (χ3n) is 3.07. The van der Waals surface area contributed by atoms with Crippen LogP contribution in [0, 0.1) is 5.53 Å². The Morgan fingerprint density at radius 3 is 2.78 bits per heavy atom. The summed E-state index contributed by atoms with van der Waals surface area (Å²) < 4.78 is 5.34. The Morgan fingerprint density at radius 2 is 2.00 bits per heavy atom. The minimum atomic E-state index is -0.472. The number of rotatable bonds is 3. The molecule has 18 heavy (non-hydrogen) atoms. The molecule has 1 saturated heterocycles. The Balaban J connectivity index is 1.88. The first-order chi connectivity index (χ1) is 8.79. The molecule has 0 spiro atoms. The Morgan fingerprint density at radius 1 is 1.22 bits per heavy atom. The summed E-state index contributed by atoms with van der Waals surface area (Å²) in [6.07, 6.45) is 0.325. The van der Waals surface area contributed by atoms with E-state index in [-0.39, 0.29) is 11.9 Å². The van der Waals surface area contributed by atoms with E-state index in [9.17, 15) is 4.79 Å². The molecule has 2 aromatic rings. The molecule has 0 radical (unpaired) electrons. The van der Waals surface area contributed by atoms with Crippen LogP contribution in [0.2, 0.25) is 0 Å². The van der Waals surface area contributed by atoms with E-state index in [0.717, 1.165) is 22.6 Å². The van der Waals surface area contributed by atoms with E-state index in [1.54, 1.807) is 0 Å². The van der Waals surface area contributed by atoms with E-state index in [0.29, 0.717) is 0 Å². The predicted molar refractivity (Wildman–Crippen MR) is 65.6 cm³/mol. The quantitative estimate of drug-likeness (QED) is 0.386. The maximum atomic E-state index is 11.5. The lowest BCUT2D eigenvalue weighted by Gasteiger charge is -2.00. The van der Waals surface area contributed by atoms with Gasteiger partial charge in [-0.3, -0.25) is 4.79 Å². The molecule has 0 saturated carbocycles. The number of carbonyl (C=O) groups excluding carboxylic acids is 1. The molecule has 1 fully saturated rings. The lowest BCUT2D eigenvalue weighted by Crippen LogP contribution is -2.09. The fourth-order valence-corrected chi connectivity index (χ4v) is 2.10. The molecule has 1 N–H and O–H groups in total. The van der Waals surface area contributed by atoms with Crippen LogP contribution in [-0.4, -0.2) is 22.9 Å². The second-order valence-electron chi connectivity index (χ2n) is 4.24. The van der Waals surface area contributed by atoms with E-state index < -0.39 is 6.10 Å².